The standard InChI is InChI=1S/C31H43N3O5/c1-19(2)28(36)34-23(12-20-7-8-26-27(13-20)38-18-37-26)25(35)17-32-24-15-31(9-6-10-31)39-29-22(24)11-21(16-33-29)14-30(3,4)5/h7-8,11,13,16,19,23-25,32,35H,6,9-10,12,14-15,17-18H2,1-5H3,(H,34,36)/t23-,24-,25+/m0/s1. The monoisotopic (exact) mass is 537 g/mol. The molecule has 0 radical (unpaired) electrons. The Morgan fingerprint density at radius 1 is 1.15 bits per heavy atom. The number of aliphatic hydroxyl groups excluding tert-OH is 1. The van der Waals surface area contributed by atoms with Crippen molar-refractivity contribution in [1.29, 1.82) is 0 Å². The van der Waals surface area contributed by atoms with Gasteiger partial charge in [0.1, 0.15) is 5.60 Å². The predicted octanol–water partition coefficient (Wildman–Crippen LogP) is 4.48. The average molecular weight is 538 g/mol. The summed E-state index contributed by atoms with van der Waals surface area (Å²) in [5, 5.41) is 18.1. The number of hydrogen-bond donors (Lipinski definition) is 3. The number of pyridine rings is 1. The van der Waals surface area contributed by atoms with Crippen molar-refractivity contribution >= 4 is 5.91 Å². The zero-order valence-electron chi connectivity index (χ0n) is 23.9. The molecule has 39 heavy (non-hydrogen) atoms. The van der Waals surface area contributed by atoms with Crippen LogP contribution in [0.5, 0.6) is 17.4 Å². The molecule has 3 N–H and O–H groups in total. The lowest BCUT2D eigenvalue weighted by Gasteiger charge is -2.47. The molecule has 3 heterocycles. The van der Waals surface area contributed by atoms with Crippen LogP contribution in [-0.4, -0.2) is 47.1 Å². The van der Waals surface area contributed by atoms with Crippen LogP contribution in [0, 0.1) is 11.3 Å². The van der Waals surface area contributed by atoms with Crippen LogP contribution in [0.15, 0.2) is 30.5 Å². The summed E-state index contributed by atoms with van der Waals surface area (Å²) in [6.45, 7) is 10.9. The molecule has 1 aliphatic carbocycles. The normalized spacial score (nSPS) is 20.6. The molecular formula is C31H43N3O5. The minimum absolute atomic E-state index is 0.0168. The van der Waals surface area contributed by atoms with Crippen LogP contribution in [0.3, 0.4) is 0 Å². The maximum atomic E-state index is 12.7. The maximum Gasteiger partial charge on any atom is 0.231 e. The highest BCUT2D eigenvalue weighted by atomic mass is 16.7. The number of ether oxygens (including phenoxy) is 3. The molecule has 0 unspecified atom stereocenters. The number of carbonyl (C=O) groups excluding carboxylic acids is 1. The lowest BCUT2D eigenvalue weighted by Crippen LogP contribution is -2.52. The lowest BCUT2D eigenvalue weighted by atomic mass is 9.73. The van der Waals surface area contributed by atoms with Gasteiger partial charge in [0.2, 0.25) is 18.6 Å². The second-order valence-electron chi connectivity index (χ2n) is 13.0. The Labute approximate surface area is 231 Å². The summed E-state index contributed by atoms with van der Waals surface area (Å²) in [6.07, 6.45) is 6.59. The van der Waals surface area contributed by atoms with Crippen LogP contribution < -0.4 is 24.8 Å². The molecule has 0 saturated heterocycles. The predicted molar refractivity (Wildman–Crippen MR) is 149 cm³/mol. The van der Waals surface area contributed by atoms with Crippen molar-refractivity contribution in [2.45, 2.75) is 96.9 Å². The van der Waals surface area contributed by atoms with Crippen molar-refractivity contribution < 1.29 is 24.1 Å². The van der Waals surface area contributed by atoms with E-state index in [1.165, 1.54) is 5.56 Å². The van der Waals surface area contributed by atoms with Gasteiger partial charge in [0.15, 0.2) is 11.5 Å². The third-order valence-electron chi connectivity index (χ3n) is 7.98. The number of aliphatic hydroxyl groups is 1. The van der Waals surface area contributed by atoms with Crippen LogP contribution in [0.2, 0.25) is 0 Å². The van der Waals surface area contributed by atoms with E-state index in [0.29, 0.717) is 30.3 Å². The largest absolute Gasteiger partial charge is 0.471 e. The Morgan fingerprint density at radius 3 is 2.62 bits per heavy atom. The number of nitrogens with one attached hydrogen (secondary N) is 2. The quantitative estimate of drug-likeness (QED) is 0.434. The number of rotatable bonds is 9. The summed E-state index contributed by atoms with van der Waals surface area (Å²) in [5.74, 6) is 1.84. The van der Waals surface area contributed by atoms with Gasteiger partial charge < -0.3 is 30.0 Å². The van der Waals surface area contributed by atoms with Crippen molar-refractivity contribution in [3.63, 3.8) is 0 Å². The van der Waals surface area contributed by atoms with E-state index in [1.807, 2.05) is 38.2 Å². The summed E-state index contributed by atoms with van der Waals surface area (Å²) < 4.78 is 17.4. The Hall–Kier alpha value is -2.84. The van der Waals surface area contributed by atoms with Gasteiger partial charge in [0.05, 0.1) is 12.1 Å². The molecule has 8 heteroatoms. The van der Waals surface area contributed by atoms with E-state index in [9.17, 15) is 9.90 Å². The number of carbonyl (C=O) groups is 1. The van der Waals surface area contributed by atoms with Crippen LogP contribution >= 0.6 is 0 Å². The molecule has 1 fully saturated rings. The Balaban J connectivity index is 1.33. The molecule has 8 nitrogen and oxygen atoms in total. The number of aromatic nitrogens is 1. The van der Waals surface area contributed by atoms with Gasteiger partial charge in [-0.3, -0.25) is 4.79 Å². The number of benzene rings is 1. The first kappa shape index (κ1) is 27.7. The van der Waals surface area contributed by atoms with E-state index >= 15 is 0 Å². The smallest absolute Gasteiger partial charge is 0.231 e. The first-order valence-corrected chi connectivity index (χ1v) is 14.3. The fourth-order valence-electron chi connectivity index (χ4n) is 5.71. The summed E-state index contributed by atoms with van der Waals surface area (Å²) in [5.41, 5.74) is 3.18. The van der Waals surface area contributed by atoms with Gasteiger partial charge in [-0.2, -0.15) is 0 Å². The van der Waals surface area contributed by atoms with Crippen LogP contribution in [0.1, 0.15) is 83.0 Å². The SMILES string of the molecule is CC(C)C(=O)N[C@@H](Cc1ccc2c(c1)OCO2)[C@H](O)CN[C@H]1CC2(CCC2)Oc2ncc(CC(C)(C)C)cc21. The summed E-state index contributed by atoms with van der Waals surface area (Å²) in [7, 11) is 0. The highest BCUT2D eigenvalue weighted by molar-refractivity contribution is 5.78. The van der Waals surface area contributed by atoms with E-state index in [0.717, 1.165) is 43.2 Å². The van der Waals surface area contributed by atoms with Crippen molar-refractivity contribution in [2.24, 2.45) is 11.3 Å². The molecule has 1 aromatic carbocycles. The van der Waals surface area contributed by atoms with Crippen molar-refractivity contribution in [2.75, 3.05) is 13.3 Å². The number of hydrogen-bond acceptors (Lipinski definition) is 7. The van der Waals surface area contributed by atoms with Gasteiger partial charge in [0.25, 0.3) is 0 Å². The third kappa shape index (κ3) is 6.49. The van der Waals surface area contributed by atoms with Crippen LogP contribution in [-0.2, 0) is 17.6 Å². The summed E-state index contributed by atoms with van der Waals surface area (Å²) in [6, 6.07) is 7.53. The van der Waals surface area contributed by atoms with Crippen molar-refractivity contribution in [3.8, 4) is 17.4 Å². The summed E-state index contributed by atoms with van der Waals surface area (Å²) in [4.78, 5) is 17.4. The van der Waals surface area contributed by atoms with Gasteiger partial charge in [-0.1, -0.05) is 40.7 Å². The van der Waals surface area contributed by atoms with Crippen molar-refractivity contribution in [3.05, 3.63) is 47.2 Å². The highest BCUT2D eigenvalue weighted by Crippen LogP contribution is 2.48. The molecule has 0 bridgehead atoms. The van der Waals surface area contributed by atoms with Gasteiger partial charge in [-0.25, -0.2) is 4.98 Å². The molecule has 1 aromatic heterocycles. The maximum absolute atomic E-state index is 12.7. The molecule has 3 aliphatic rings. The topological polar surface area (TPSA) is 102 Å². The second-order valence-corrected chi connectivity index (χ2v) is 13.0. The van der Waals surface area contributed by atoms with Gasteiger partial charge in [0, 0.05) is 36.7 Å². The van der Waals surface area contributed by atoms with Gasteiger partial charge in [-0.05, 0) is 66.8 Å². The van der Waals surface area contributed by atoms with E-state index < -0.39 is 12.1 Å². The fraction of sp³-hybridized carbons (Fsp3) is 0.613. The van der Waals surface area contributed by atoms with Crippen LogP contribution in [0.25, 0.3) is 0 Å². The highest BCUT2D eigenvalue weighted by Gasteiger charge is 2.46. The lowest BCUT2D eigenvalue weighted by molar-refractivity contribution is -0.125. The molecule has 1 saturated carbocycles. The summed E-state index contributed by atoms with van der Waals surface area (Å²) >= 11 is 0. The Kier molecular flexibility index (Phi) is 7.80. The second kappa shape index (κ2) is 11.0. The van der Waals surface area contributed by atoms with Crippen LogP contribution in [0.4, 0.5) is 0 Å². The van der Waals surface area contributed by atoms with Gasteiger partial charge >= 0.3 is 0 Å². The molecule has 2 aromatic rings. The molecule has 2 aliphatic heterocycles. The van der Waals surface area contributed by atoms with Gasteiger partial charge in [-0.15, -0.1) is 0 Å². The molecule has 3 atom stereocenters. The fourth-order valence-corrected chi connectivity index (χ4v) is 5.71. The average Bonchev–Trinajstić information content (AvgIpc) is 3.32. The first-order valence-electron chi connectivity index (χ1n) is 14.3. The Bertz CT molecular complexity index is 1190. The van der Waals surface area contributed by atoms with Crippen molar-refractivity contribution in [1.82, 2.24) is 15.6 Å². The molecule has 5 rings (SSSR count). The van der Waals surface area contributed by atoms with E-state index in [-0.39, 0.29) is 35.7 Å². The van der Waals surface area contributed by atoms with E-state index in [4.69, 9.17) is 19.2 Å². The first-order chi connectivity index (χ1) is 18.5. The zero-order valence-corrected chi connectivity index (χ0v) is 23.9. The molecule has 1 spiro atoms. The molecular weight excluding hydrogens is 494 g/mol. The number of nitrogens with zero attached hydrogens (tertiary/aromatic N) is 1. The Morgan fingerprint density at radius 2 is 1.92 bits per heavy atom. The number of amides is 1. The number of fused-ring (bicyclic) bond motifs is 2. The minimum Gasteiger partial charge on any atom is -0.471 e. The third-order valence-corrected chi connectivity index (χ3v) is 7.98. The molecule has 212 valence electrons. The zero-order chi connectivity index (χ0) is 27.8. The minimum atomic E-state index is -0.799. The molecule has 1 amide bonds. The van der Waals surface area contributed by atoms with E-state index in [2.05, 4.69) is 37.5 Å². The van der Waals surface area contributed by atoms with E-state index in [1.54, 1.807) is 0 Å².